The average Bonchev–Trinajstić information content (AvgIpc) is 2.01. The highest BCUT2D eigenvalue weighted by molar-refractivity contribution is 4.87. The summed E-state index contributed by atoms with van der Waals surface area (Å²) in [5.41, 5.74) is 0.111. The third-order valence-electron chi connectivity index (χ3n) is 1.56. The van der Waals surface area contributed by atoms with Crippen LogP contribution in [0.25, 0.3) is 0 Å². The molecule has 0 radical (unpaired) electrons. The van der Waals surface area contributed by atoms with Crippen molar-refractivity contribution in [2.24, 2.45) is 5.41 Å². The monoisotopic (exact) mass is 185 g/mol. The van der Waals surface area contributed by atoms with Gasteiger partial charge in [0.15, 0.2) is 0 Å². The molecule has 0 saturated heterocycles. The summed E-state index contributed by atoms with van der Waals surface area (Å²) in [5, 5.41) is 17.3. The van der Waals surface area contributed by atoms with E-state index in [4.69, 9.17) is 15.1 Å². The molecule has 0 spiro atoms. The molecule has 1 atom stereocenters. The summed E-state index contributed by atoms with van der Waals surface area (Å²) < 4.78 is 5.29. The van der Waals surface area contributed by atoms with Gasteiger partial charge in [-0.15, -0.1) is 0 Å². The number of nitriles is 1. The van der Waals surface area contributed by atoms with Crippen LogP contribution in [0.2, 0.25) is 0 Å². The van der Waals surface area contributed by atoms with Crippen molar-refractivity contribution in [2.75, 3.05) is 13.2 Å². The van der Waals surface area contributed by atoms with Crippen LogP contribution in [0, 0.1) is 16.7 Å². The van der Waals surface area contributed by atoms with Crippen molar-refractivity contribution < 1.29 is 9.84 Å². The van der Waals surface area contributed by atoms with Crippen LogP contribution < -0.4 is 0 Å². The van der Waals surface area contributed by atoms with Crippen LogP contribution in [0.5, 0.6) is 0 Å². The number of ether oxygens (including phenoxy) is 1. The number of hydrogen-bond acceptors (Lipinski definition) is 3. The van der Waals surface area contributed by atoms with E-state index in [0.29, 0.717) is 13.0 Å². The first-order chi connectivity index (χ1) is 5.99. The largest absolute Gasteiger partial charge is 0.396 e. The predicted octanol–water partition coefficient (Wildman–Crippen LogP) is 1.71. The second-order valence-corrected chi connectivity index (χ2v) is 4.33. The van der Waals surface area contributed by atoms with Gasteiger partial charge in [-0.3, -0.25) is 0 Å². The van der Waals surface area contributed by atoms with Gasteiger partial charge in [0.2, 0.25) is 0 Å². The number of aliphatic hydroxyl groups excluding tert-OH is 1. The molecule has 0 aliphatic carbocycles. The van der Waals surface area contributed by atoms with E-state index in [2.05, 4.69) is 26.8 Å². The lowest BCUT2D eigenvalue weighted by atomic mass is 9.89. The maximum atomic E-state index is 8.75. The van der Waals surface area contributed by atoms with E-state index < -0.39 is 0 Å². The van der Waals surface area contributed by atoms with E-state index in [0.717, 1.165) is 6.42 Å². The number of aliphatic hydroxyl groups is 1. The molecular weight excluding hydrogens is 166 g/mol. The summed E-state index contributed by atoms with van der Waals surface area (Å²) in [6.07, 6.45) is 0.989. The van der Waals surface area contributed by atoms with Crippen LogP contribution in [0.15, 0.2) is 0 Å². The molecule has 0 rings (SSSR count). The standard InChI is InChI=1S/C10H19NO2/c1-10(2,3)7-9(8-11)13-6-4-5-12/h9,12H,4-7H2,1-3H3. The van der Waals surface area contributed by atoms with Gasteiger partial charge >= 0.3 is 0 Å². The molecule has 0 aliphatic rings. The van der Waals surface area contributed by atoms with Gasteiger partial charge in [-0.05, 0) is 18.3 Å². The van der Waals surface area contributed by atoms with Gasteiger partial charge in [-0.1, -0.05) is 20.8 Å². The second kappa shape index (κ2) is 5.95. The van der Waals surface area contributed by atoms with Gasteiger partial charge in [-0.25, -0.2) is 0 Å². The fourth-order valence-corrected chi connectivity index (χ4v) is 0.988. The lowest BCUT2D eigenvalue weighted by Crippen LogP contribution is -2.20. The first-order valence-electron chi connectivity index (χ1n) is 4.61. The summed E-state index contributed by atoms with van der Waals surface area (Å²) in [6, 6.07) is 2.11. The van der Waals surface area contributed by atoms with Gasteiger partial charge in [0.1, 0.15) is 6.10 Å². The fourth-order valence-electron chi connectivity index (χ4n) is 0.988. The van der Waals surface area contributed by atoms with Crippen LogP contribution >= 0.6 is 0 Å². The zero-order chi connectivity index (χ0) is 10.3. The SMILES string of the molecule is CC(C)(C)CC(C#N)OCCCO. The molecule has 0 bridgehead atoms. The van der Waals surface area contributed by atoms with Gasteiger partial charge in [0.25, 0.3) is 0 Å². The Balaban J connectivity index is 3.72. The van der Waals surface area contributed by atoms with Crippen LogP contribution in [0.4, 0.5) is 0 Å². The van der Waals surface area contributed by atoms with Crippen LogP contribution in [-0.4, -0.2) is 24.4 Å². The third-order valence-corrected chi connectivity index (χ3v) is 1.56. The minimum atomic E-state index is -0.341. The first-order valence-corrected chi connectivity index (χ1v) is 4.61. The van der Waals surface area contributed by atoms with Gasteiger partial charge in [0.05, 0.1) is 12.7 Å². The smallest absolute Gasteiger partial charge is 0.144 e. The summed E-state index contributed by atoms with van der Waals surface area (Å²) in [5.74, 6) is 0. The van der Waals surface area contributed by atoms with Crippen molar-refractivity contribution in [3.05, 3.63) is 0 Å². The Bertz CT molecular complexity index is 167. The average molecular weight is 185 g/mol. The highest BCUT2D eigenvalue weighted by Gasteiger charge is 2.18. The number of rotatable bonds is 5. The van der Waals surface area contributed by atoms with Gasteiger partial charge in [-0.2, -0.15) is 5.26 Å². The maximum absolute atomic E-state index is 8.75. The normalized spacial score (nSPS) is 13.8. The van der Waals surface area contributed by atoms with E-state index in [1.807, 2.05) is 0 Å². The third kappa shape index (κ3) is 7.76. The molecule has 0 amide bonds. The van der Waals surface area contributed by atoms with Crippen LogP contribution in [-0.2, 0) is 4.74 Å². The molecule has 76 valence electrons. The van der Waals surface area contributed by atoms with Gasteiger partial charge < -0.3 is 9.84 Å². The van der Waals surface area contributed by atoms with Crippen molar-refractivity contribution in [1.29, 1.82) is 5.26 Å². The maximum Gasteiger partial charge on any atom is 0.144 e. The Labute approximate surface area is 80.3 Å². The molecule has 0 aromatic heterocycles. The van der Waals surface area contributed by atoms with E-state index in [1.54, 1.807) is 0 Å². The summed E-state index contributed by atoms with van der Waals surface area (Å²) in [7, 11) is 0. The molecule has 1 unspecified atom stereocenters. The lowest BCUT2D eigenvalue weighted by Gasteiger charge is -2.21. The Morgan fingerprint density at radius 3 is 2.46 bits per heavy atom. The Hall–Kier alpha value is -0.590. The zero-order valence-corrected chi connectivity index (χ0v) is 8.71. The molecule has 0 saturated carbocycles. The van der Waals surface area contributed by atoms with Gasteiger partial charge in [0, 0.05) is 6.61 Å². The minimum Gasteiger partial charge on any atom is -0.396 e. The number of hydrogen-bond donors (Lipinski definition) is 1. The van der Waals surface area contributed by atoms with E-state index in [1.165, 1.54) is 0 Å². The topological polar surface area (TPSA) is 53.2 Å². The van der Waals surface area contributed by atoms with Crippen molar-refractivity contribution in [2.45, 2.75) is 39.7 Å². The summed E-state index contributed by atoms with van der Waals surface area (Å²) >= 11 is 0. The van der Waals surface area contributed by atoms with Crippen LogP contribution in [0.1, 0.15) is 33.6 Å². The molecular formula is C10H19NO2. The van der Waals surface area contributed by atoms with Crippen LogP contribution in [0.3, 0.4) is 0 Å². The molecule has 0 fully saturated rings. The highest BCUT2D eigenvalue weighted by Crippen LogP contribution is 2.21. The second-order valence-electron chi connectivity index (χ2n) is 4.33. The predicted molar refractivity (Wildman–Crippen MR) is 51.1 cm³/mol. The molecule has 3 nitrogen and oxygen atoms in total. The minimum absolute atomic E-state index is 0.111. The van der Waals surface area contributed by atoms with E-state index >= 15 is 0 Å². The molecule has 13 heavy (non-hydrogen) atoms. The Morgan fingerprint density at radius 1 is 1.46 bits per heavy atom. The highest BCUT2D eigenvalue weighted by atomic mass is 16.5. The summed E-state index contributed by atoms with van der Waals surface area (Å²) in [6.45, 7) is 6.81. The zero-order valence-electron chi connectivity index (χ0n) is 8.71. The van der Waals surface area contributed by atoms with Crippen molar-refractivity contribution in [3.63, 3.8) is 0 Å². The molecule has 1 N–H and O–H groups in total. The van der Waals surface area contributed by atoms with Crippen molar-refractivity contribution in [3.8, 4) is 6.07 Å². The van der Waals surface area contributed by atoms with E-state index in [-0.39, 0.29) is 18.1 Å². The Kier molecular flexibility index (Phi) is 5.68. The molecule has 0 aliphatic heterocycles. The molecule has 0 aromatic carbocycles. The van der Waals surface area contributed by atoms with E-state index in [9.17, 15) is 0 Å². The molecule has 0 heterocycles. The van der Waals surface area contributed by atoms with Crippen molar-refractivity contribution in [1.82, 2.24) is 0 Å². The Morgan fingerprint density at radius 2 is 2.08 bits per heavy atom. The first kappa shape index (κ1) is 12.4. The summed E-state index contributed by atoms with van der Waals surface area (Å²) in [4.78, 5) is 0. The fraction of sp³-hybridized carbons (Fsp3) is 0.900. The number of nitrogens with zero attached hydrogens (tertiary/aromatic N) is 1. The molecule has 3 heteroatoms. The van der Waals surface area contributed by atoms with Crippen molar-refractivity contribution >= 4 is 0 Å². The molecule has 0 aromatic rings. The quantitative estimate of drug-likeness (QED) is 0.663. The lowest BCUT2D eigenvalue weighted by molar-refractivity contribution is 0.0526.